The van der Waals surface area contributed by atoms with E-state index in [4.69, 9.17) is 0 Å². The lowest BCUT2D eigenvalue weighted by Crippen LogP contribution is -1.88. The molecular weight excluding hydrogens is 319 g/mol. The molecule has 0 atom stereocenters. The molecule has 1 rings (SSSR count). The molecule has 0 aliphatic carbocycles. The van der Waals surface area contributed by atoms with Crippen molar-refractivity contribution in [3.63, 3.8) is 0 Å². The number of rotatable bonds is 1. The van der Waals surface area contributed by atoms with Crippen molar-refractivity contribution < 1.29 is 0 Å². The maximum absolute atomic E-state index is 3.49. The van der Waals surface area contributed by atoms with E-state index in [-0.39, 0.29) is 0 Å². The molecule has 0 heterocycles. The molecule has 1 aromatic carbocycles. The van der Waals surface area contributed by atoms with E-state index in [0.29, 0.717) is 0 Å². The van der Waals surface area contributed by atoms with Crippen molar-refractivity contribution in [2.75, 3.05) is 0 Å². The van der Waals surface area contributed by atoms with Crippen LogP contribution in [0.15, 0.2) is 22.7 Å². The maximum atomic E-state index is 3.49. The minimum Gasteiger partial charge on any atom is -0.0608 e. The van der Waals surface area contributed by atoms with Crippen LogP contribution in [-0.4, -0.2) is 10.2 Å². The zero-order valence-corrected chi connectivity index (χ0v) is 11.4. The first-order chi connectivity index (χ1) is 4.75. The lowest BCUT2D eigenvalue weighted by atomic mass is 10.2. The van der Waals surface area contributed by atoms with Gasteiger partial charge in [-0.05, 0) is 56.2 Å². The molecule has 1 aromatic rings. The van der Waals surface area contributed by atoms with Crippen LogP contribution < -0.4 is 0 Å². The first-order valence-corrected chi connectivity index (χ1v) is 6.47. The fourth-order valence-corrected chi connectivity index (χ4v) is 3.28. The number of hydrogen-bond acceptors (Lipinski definition) is 0. The van der Waals surface area contributed by atoms with Crippen LogP contribution in [-0.2, 0) is 6.04 Å². The third-order valence-electron chi connectivity index (χ3n) is 1.41. The topological polar surface area (TPSA) is 0 Å². The Morgan fingerprint density at radius 1 is 1.50 bits per heavy atom. The van der Waals surface area contributed by atoms with Gasteiger partial charge < -0.3 is 0 Å². The highest BCUT2D eigenvalue weighted by molar-refractivity contribution is 14.1. The van der Waals surface area contributed by atoms with Gasteiger partial charge in [-0.1, -0.05) is 12.1 Å². The van der Waals surface area contributed by atoms with E-state index in [9.17, 15) is 0 Å². The Bertz CT molecular complexity index is 237. The second kappa shape index (κ2) is 3.87. The summed E-state index contributed by atoms with van der Waals surface area (Å²) in [6, 6.07) is 7.62. The maximum Gasteiger partial charge on any atom is 0.0311 e. The van der Waals surface area contributed by atoms with Crippen LogP contribution in [0.2, 0.25) is 0 Å². The van der Waals surface area contributed by atoms with Crippen molar-refractivity contribution in [3.8, 4) is 0 Å². The Morgan fingerprint density at radius 3 is 2.70 bits per heavy atom. The fraction of sp³-hybridized carbons (Fsp3) is 0.143. The van der Waals surface area contributed by atoms with Gasteiger partial charge in [-0.15, -0.1) is 0 Å². The van der Waals surface area contributed by atoms with E-state index in [2.05, 4.69) is 56.7 Å². The molecule has 0 bridgehead atoms. The molecule has 0 spiro atoms. The van der Waals surface area contributed by atoms with Crippen molar-refractivity contribution >= 4 is 48.8 Å². The van der Waals surface area contributed by atoms with Gasteiger partial charge in [0.05, 0.1) is 0 Å². The molecule has 3 heteroatoms. The Hall–Kier alpha value is 0.647. The van der Waals surface area contributed by atoms with Gasteiger partial charge in [0, 0.05) is 18.3 Å². The summed E-state index contributed by atoms with van der Waals surface area (Å²) in [6.45, 7) is 0. The van der Waals surface area contributed by atoms with Gasteiger partial charge in [-0.3, -0.25) is 0 Å². The summed E-state index contributed by atoms with van der Waals surface area (Å²) in [5.74, 6) is 0. The summed E-state index contributed by atoms with van der Waals surface area (Å²) >= 11 is 5.88. The van der Waals surface area contributed by atoms with Gasteiger partial charge >= 0.3 is 0 Å². The third kappa shape index (κ3) is 1.82. The molecule has 0 radical (unpaired) electrons. The number of hydrogen-bond donors (Lipinski definition) is 0. The Balaban J connectivity index is 3.14. The van der Waals surface area contributed by atoms with E-state index in [1.165, 1.54) is 29.9 Å². The van der Waals surface area contributed by atoms with Crippen LogP contribution in [0.1, 0.15) is 5.56 Å². The van der Waals surface area contributed by atoms with Crippen molar-refractivity contribution in [1.82, 2.24) is 0 Å². The molecule has 0 aliphatic rings. The van der Waals surface area contributed by atoms with Crippen molar-refractivity contribution in [2.45, 2.75) is 6.04 Å². The third-order valence-corrected chi connectivity index (χ3v) is 4.85. The van der Waals surface area contributed by atoms with Crippen LogP contribution in [0.3, 0.4) is 0 Å². The van der Waals surface area contributed by atoms with Gasteiger partial charge in [0.2, 0.25) is 0 Å². The largest absolute Gasteiger partial charge is 0.0608 e. The highest BCUT2D eigenvalue weighted by atomic mass is 127. The molecule has 0 N–H and O–H groups in total. The molecule has 0 saturated heterocycles. The molecule has 10 heavy (non-hydrogen) atoms. The molecule has 0 unspecified atom stereocenters. The first kappa shape index (κ1) is 8.74. The van der Waals surface area contributed by atoms with Crippen LogP contribution in [0.4, 0.5) is 0 Å². The summed E-state index contributed by atoms with van der Waals surface area (Å²) in [7, 11) is 1.25. The molecule has 0 amide bonds. The smallest absolute Gasteiger partial charge is 0.0311 e. The highest BCUT2D eigenvalue weighted by Gasteiger charge is 1.98. The Kier molecular flexibility index (Phi) is 3.39. The Labute approximate surface area is 86.1 Å². The minimum absolute atomic E-state index is 1.22. The Morgan fingerprint density at radius 2 is 2.20 bits per heavy atom. The van der Waals surface area contributed by atoms with E-state index < -0.39 is 0 Å². The summed E-state index contributed by atoms with van der Waals surface area (Å²) in [5.41, 5.74) is 1.47. The number of benzene rings is 1. The zero-order chi connectivity index (χ0) is 7.56. The molecule has 0 aromatic heterocycles. The molecular formula is C7H8BrISi. The highest BCUT2D eigenvalue weighted by Crippen LogP contribution is 2.21. The van der Waals surface area contributed by atoms with E-state index in [1.54, 1.807) is 0 Å². The second-order valence-electron chi connectivity index (χ2n) is 2.07. The molecule has 0 fully saturated rings. The predicted octanol–water partition coefficient (Wildman–Crippen LogP) is 1.92. The number of halogens is 2. The first-order valence-electron chi connectivity index (χ1n) is 3.18. The quantitative estimate of drug-likeness (QED) is 0.546. The molecule has 0 nitrogen and oxygen atoms in total. The van der Waals surface area contributed by atoms with Crippen LogP contribution >= 0.6 is 38.5 Å². The zero-order valence-electron chi connectivity index (χ0n) is 5.70. The second-order valence-corrected chi connectivity index (χ2v) is 4.71. The van der Waals surface area contributed by atoms with Crippen LogP contribution in [0.25, 0.3) is 0 Å². The van der Waals surface area contributed by atoms with Gasteiger partial charge in [-0.25, -0.2) is 0 Å². The molecule has 0 saturated carbocycles. The summed E-state index contributed by atoms with van der Waals surface area (Å²) in [5, 5.41) is 0. The monoisotopic (exact) mass is 326 g/mol. The minimum atomic E-state index is 1.22. The fourth-order valence-electron chi connectivity index (χ4n) is 0.822. The van der Waals surface area contributed by atoms with Gasteiger partial charge in [0.25, 0.3) is 0 Å². The summed E-state index contributed by atoms with van der Waals surface area (Å²) in [6.07, 6.45) is 0. The van der Waals surface area contributed by atoms with Crippen molar-refractivity contribution in [2.24, 2.45) is 0 Å². The summed E-state index contributed by atoms with van der Waals surface area (Å²) < 4.78 is 2.59. The molecule has 0 aliphatic heterocycles. The summed E-state index contributed by atoms with van der Waals surface area (Å²) in [4.78, 5) is 0. The van der Waals surface area contributed by atoms with Crippen molar-refractivity contribution in [1.29, 1.82) is 0 Å². The van der Waals surface area contributed by atoms with E-state index in [0.717, 1.165) is 0 Å². The lowest BCUT2D eigenvalue weighted by molar-refractivity contribution is 1.35. The lowest BCUT2D eigenvalue weighted by Gasteiger charge is -2.01. The van der Waals surface area contributed by atoms with Crippen molar-refractivity contribution in [3.05, 3.63) is 31.8 Å². The normalized spacial score (nSPS) is 10.2. The average molecular weight is 327 g/mol. The predicted molar refractivity (Wildman–Crippen MR) is 60.5 cm³/mol. The average Bonchev–Trinajstić information content (AvgIpc) is 1.95. The standard InChI is InChI=1S/C7H8BrISi/c8-6-3-1-2-5(4-10)7(6)9/h1-3H,4H2,10H3. The van der Waals surface area contributed by atoms with Crippen LogP contribution in [0.5, 0.6) is 0 Å². The van der Waals surface area contributed by atoms with E-state index >= 15 is 0 Å². The molecule has 54 valence electrons. The van der Waals surface area contributed by atoms with Crippen LogP contribution in [0, 0.1) is 3.57 Å². The van der Waals surface area contributed by atoms with Gasteiger partial charge in [-0.2, -0.15) is 0 Å². The SMILES string of the molecule is [SiH3]Cc1cccc(Br)c1I. The van der Waals surface area contributed by atoms with Gasteiger partial charge in [0.15, 0.2) is 0 Å². The van der Waals surface area contributed by atoms with Gasteiger partial charge in [0.1, 0.15) is 0 Å². The van der Waals surface area contributed by atoms with E-state index in [1.807, 2.05) is 0 Å².